The maximum Gasteiger partial charge on any atom is 0.254 e. The summed E-state index contributed by atoms with van der Waals surface area (Å²) in [5, 5.41) is 9.53. The van der Waals surface area contributed by atoms with E-state index in [9.17, 15) is 9.90 Å². The molecule has 1 unspecified atom stereocenters. The van der Waals surface area contributed by atoms with Crippen molar-refractivity contribution in [1.29, 1.82) is 0 Å². The van der Waals surface area contributed by atoms with Crippen molar-refractivity contribution in [3.8, 4) is 0 Å². The number of aliphatic hydroxyl groups is 1. The summed E-state index contributed by atoms with van der Waals surface area (Å²) in [7, 11) is 0. The molecule has 1 aliphatic heterocycles. The molecule has 1 aromatic carbocycles. The molecule has 1 atom stereocenters. The van der Waals surface area contributed by atoms with Gasteiger partial charge in [-0.3, -0.25) is 4.79 Å². The van der Waals surface area contributed by atoms with Gasteiger partial charge >= 0.3 is 0 Å². The van der Waals surface area contributed by atoms with Gasteiger partial charge in [0.1, 0.15) is 0 Å². The predicted octanol–water partition coefficient (Wildman–Crippen LogP) is 1.85. The molecular formula is C14H19NO2. The molecule has 0 saturated carbocycles. The van der Waals surface area contributed by atoms with Crippen molar-refractivity contribution in [3.05, 3.63) is 35.4 Å². The molecule has 3 nitrogen and oxygen atoms in total. The van der Waals surface area contributed by atoms with Gasteiger partial charge in [-0.25, -0.2) is 0 Å². The van der Waals surface area contributed by atoms with Crippen molar-refractivity contribution in [2.24, 2.45) is 0 Å². The number of rotatable bonds is 4. The van der Waals surface area contributed by atoms with Crippen LogP contribution in [0.4, 0.5) is 0 Å². The lowest BCUT2D eigenvalue weighted by atomic mass is 9.99. The SMILES string of the molecule is CCC(O)CCN1CCc2ccccc2C1=O. The van der Waals surface area contributed by atoms with Crippen LogP contribution in [0.15, 0.2) is 24.3 Å². The van der Waals surface area contributed by atoms with Crippen molar-refractivity contribution in [2.45, 2.75) is 32.3 Å². The van der Waals surface area contributed by atoms with Crippen LogP contribution in [0, 0.1) is 0 Å². The number of carbonyl (C=O) groups excluding carboxylic acids is 1. The summed E-state index contributed by atoms with van der Waals surface area (Å²) in [6, 6.07) is 7.79. The van der Waals surface area contributed by atoms with Crippen LogP contribution < -0.4 is 0 Å². The maximum absolute atomic E-state index is 12.2. The van der Waals surface area contributed by atoms with Gasteiger partial charge < -0.3 is 10.0 Å². The Labute approximate surface area is 102 Å². The van der Waals surface area contributed by atoms with Crippen LogP contribution in [0.1, 0.15) is 35.7 Å². The Hall–Kier alpha value is -1.35. The minimum atomic E-state index is -0.292. The minimum Gasteiger partial charge on any atom is -0.393 e. The van der Waals surface area contributed by atoms with E-state index < -0.39 is 0 Å². The van der Waals surface area contributed by atoms with E-state index in [0.717, 1.165) is 30.5 Å². The first-order valence-corrected chi connectivity index (χ1v) is 6.27. The van der Waals surface area contributed by atoms with Crippen LogP contribution in [0.2, 0.25) is 0 Å². The Morgan fingerprint density at radius 2 is 2.18 bits per heavy atom. The molecule has 1 aliphatic rings. The highest BCUT2D eigenvalue weighted by molar-refractivity contribution is 5.96. The van der Waals surface area contributed by atoms with E-state index in [1.54, 1.807) is 0 Å². The number of nitrogens with zero attached hydrogens (tertiary/aromatic N) is 1. The zero-order chi connectivity index (χ0) is 12.3. The fourth-order valence-corrected chi connectivity index (χ4v) is 2.20. The summed E-state index contributed by atoms with van der Waals surface area (Å²) in [5.41, 5.74) is 1.97. The lowest BCUT2D eigenvalue weighted by Gasteiger charge is -2.29. The number of amides is 1. The van der Waals surface area contributed by atoms with Crippen LogP contribution in [0.25, 0.3) is 0 Å². The second kappa shape index (κ2) is 5.32. The quantitative estimate of drug-likeness (QED) is 0.862. The van der Waals surface area contributed by atoms with Crippen molar-refractivity contribution in [3.63, 3.8) is 0 Å². The molecule has 2 rings (SSSR count). The highest BCUT2D eigenvalue weighted by Gasteiger charge is 2.23. The molecule has 0 fully saturated rings. The van der Waals surface area contributed by atoms with Crippen molar-refractivity contribution < 1.29 is 9.90 Å². The Kier molecular flexibility index (Phi) is 3.79. The van der Waals surface area contributed by atoms with E-state index in [4.69, 9.17) is 0 Å². The normalized spacial score (nSPS) is 16.8. The van der Waals surface area contributed by atoms with Gasteiger partial charge in [-0.2, -0.15) is 0 Å². The third-order valence-corrected chi connectivity index (χ3v) is 3.39. The molecular weight excluding hydrogens is 214 g/mol. The van der Waals surface area contributed by atoms with Gasteiger partial charge in [0.15, 0.2) is 0 Å². The largest absolute Gasteiger partial charge is 0.393 e. The molecule has 0 aliphatic carbocycles. The number of hydrogen-bond acceptors (Lipinski definition) is 2. The molecule has 92 valence electrons. The van der Waals surface area contributed by atoms with Crippen LogP contribution in [0.3, 0.4) is 0 Å². The standard InChI is InChI=1S/C14H19NO2/c1-2-12(16)8-10-15-9-7-11-5-3-4-6-13(11)14(15)17/h3-6,12,16H,2,7-10H2,1H3. The first-order valence-electron chi connectivity index (χ1n) is 6.27. The summed E-state index contributed by atoms with van der Waals surface area (Å²) in [6.07, 6.45) is 2.05. The van der Waals surface area contributed by atoms with Gasteiger partial charge in [-0.15, -0.1) is 0 Å². The molecule has 0 bridgehead atoms. The van der Waals surface area contributed by atoms with Crippen molar-refractivity contribution >= 4 is 5.91 Å². The van der Waals surface area contributed by atoms with Crippen LogP contribution in [0.5, 0.6) is 0 Å². The second-order valence-electron chi connectivity index (χ2n) is 4.55. The Bertz CT molecular complexity index is 403. The smallest absolute Gasteiger partial charge is 0.254 e. The third kappa shape index (κ3) is 2.67. The maximum atomic E-state index is 12.2. The fraction of sp³-hybridized carbons (Fsp3) is 0.500. The summed E-state index contributed by atoms with van der Waals surface area (Å²) in [5.74, 6) is 0.107. The zero-order valence-corrected chi connectivity index (χ0v) is 10.2. The average molecular weight is 233 g/mol. The van der Waals surface area contributed by atoms with E-state index in [-0.39, 0.29) is 12.0 Å². The van der Waals surface area contributed by atoms with Gasteiger partial charge in [0.05, 0.1) is 6.10 Å². The Balaban J connectivity index is 2.02. The predicted molar refractivity (Wildman–Crippen MR) is 67.0 cm³/mol. The van der Waals surface area contributed by atoms with Gasteiger partial charge in [0.25, 0.3) is 5.91 Å². The molecule has 1 amide bonds. The van der Waals surface area contributed by atoms with E-state index in [1.807, 2.05) is 36.1 Å². The van der Waals surface area contributed by atoms with E-state index in [1.165, 1.54) is 0 Å². The van der Waals surface area contributed by atoms with Crippen molar-refractivity contribution in [2.75, 3.05) is 13.1 Å². The van der Waals surface area contributed by atoms with Gasteiger partial charge in [0.2, 0.25) is 0 Å². The lowest BCUT2D eigenvalue weighted by molar-refractivity contribution is 0.0698. The Morgan fingerprint density at radius 3 is 2.94 bits per heavy atom. The highest BCUT2D eigenvalue weighted by atomic mass is 16.3. The van der Waals surface area contributed by atoms with Gasteiger partial charge in [-0.1, -0.05) is 25.1 Å². The van der Waals surface area contributed by atoms with Crippen molar-refractivity contribution in [1.82, 2.24) is 4.90 Å². The highest BCUT2D eigenvalue weighted by Crippen LogP contribution is 2.18. The molecule has 1 aromatic rings. The number of fused-ring (bicyclic) bond motifs is 1. The third-order valence-electron chi connectivity index (χ3n) is 3.39. The van der Waals surface area contributed by atoms with Crippen LogP contribution in [-0.4, -0.2) is 35.1 Å². The van der Waals surface area contributed by atoms with E-state index in [2.05, 4.69) is 0 Å². The molecule has 17 heavy (non-hydrogen) atoms. The topological polar surface area (TPSA) is 40.5 Å². The summed E-state index contributed by atoms with van der Waals surface area (Å²) < 4.78 is 0. The molecule has 0 saturated heterocycles. The van der Waals surface area contributed by atoms with E-state index in [0.29, 0.717) is 13.0 Å². The van der Waals surface area contributed by atoms with E-state index >= 15 is 0 Å². The molecule has 1 heterocycles. The first-order chi connectivity index (χ1) is 8.22. The van der Waals surface area contributed by atoms with Crippen LogP contribution >= 0.6 is 0 Å². The Morgan fingerprint density at radius 1 is 1.41 bits per heavy atom. The summed E-state index contributed by atoms with van der Waals surface area (Å²) >= 11 is 0. The fourth-order valence-electron chi connectivity index (χ4n) is 2.20. The first kappa shape index (κ1) is 12.1. The monoisotopic (exact) mass is 233 g/mol. The minimum absolute atomic E-state index is 0.107. The average Bonchev–Trinajstić information content (AvgIpc) is 2.38. The summed E-state index contributed by atoms with van der Waals surface area (Å²) in [4.78, 5) is 14.0. The number of carbonyl (C=O) groups is 1. The van der Waals surface area contributed by atoms with Crippen LogP contribution in [-0.2, 0) is 6.42 Å². The number of aliphatic hydroxyl groups excluding tert-OH is 1. The lowest BCUT2D eigenvalue weighted by Crippen LogP contribution is -2.39. The molecule has 0 aromatic heterocycles. The molecule has 0 radical (unpaired) electrons. The number of benzene rings is 1. The molecule has 1 N–H and O–H groups in total. The summed E-state index contributed by atoms with van der Waals surface area (Å²) in [6.45, 7) is 3.38. The second-order valence-corrected chi connectivity index (χ2v) is 4.55. The number of hydrogen-bond donors (Lipinski definition) is 1. The van der Waals surface area contributed by atoms with Gasteiger partial charge in [-0.05, 0) is 30.9 Å². The zero-order valence-electron chi connectivity index (χ0n) is 10.2. The molecule has 3 heteroatoms. The molecule has 0 spiro atoms. The van der Waals surface area contributed by atoms with Gasteiger partial charge in [0, 0.05) is 18.7 Å².